The minimum atomic E-state index is -0.915. The summed E-state index contributed by atoms with van der Waals surface area (Å²) in [6.07, 6.45) is -0.251. The van der Waals surface area contributed by atoms with Crippen molar-refractivity contribution in [2.75, 3.05) is 13.2 Å². The number of esters is 1. The summed E-state index contributed by atoms with van der Waals surface area (Å²) >= 11 is 1.32. The van der Waals surface area contributed by atoms with Crippen molar-refractivity contribution < 1.29 is 19.4 Å². The summed E-state index contributed by atoms with van der Waals surface area (Å²) in [6.45, 7) is 2.97. The van der Waals surface area contributed by atoms with Crippen LogP contribution in [0.1, 0.15) is 27.0 Å². The van der Waals surface area contributed by atoms with Crippen molar-refractivity contribution in [2.45, 2.75) is 19.9 Å². The zero-order chi connectivity index (χ0) is 12.4. The molecule has 0 saturated carbocycles. The number of thiophene rings is 1. The van der Waals surface area contributed by atoms with Crippen LogP contribution in [-0.2, 0) is 17.7 Å². The topological polar surface area (TPSA) is 66.8 Å². The molecule has 0 unspecified atom stereocenters. The van der Waals surface area contributed by atoms with Gasteiger partial charge in [-0.3, -0.25) is 0 Å². The van der Waals surface area contributed by atoms with E-state index in [-0.39, 0.29) is 5.97 Å². The number of carboxylic acid groups (broad SMARTS) is 1. The monoisotopic (exact) mass is 255 g/mol. The first kappa shape index (κ1) is 11.9. The lowest BCUT2D eigenvalue weighted by atomic mass is 10.1. The Hall–Kier alpha value is -1.56. The SMILES string of the molecule is CCOC(=O)c1cc2c(s1)CN(C(=O)O)CC2. The third-order valence-electron chi connectivity index (χ3n) is 2.63. The molecule has 0 fully saturated rings. The number of rotatable bonds is 2. The van der Waals surface area contributed by atoms with E-state index in [9.17, 15) is 9.59 Å². The van der Waals surface area contributed by atoms with Gasteiger partial charge in [0.1, 0.15) is 4.88 Å². The van der Waals surface area contributed by atoms with Crippen molar-refractivity contribution in [3.05, 3.63) is 21.4 Å². The Morgan fingerprint density at radius 3 is 3.00 bits per heavy atom. The van der Waals surface area contributed by atoms with Gasteiger partial charge in [-0.15, -0.1) is 11.3 Å². The molecule has 0 bridgehead atoms. The molecular formula is C11H13NO4S. The molecule has 1 aliphatic heterocycles. The number of nitrogens with zero attached hydrogens (tertiary/aromatic N) is 1. The largest absolute Gasteiger partial charge is 0.465 e. The van der Waals surface area contributed by atoms with Crippen LogP contribution in [0.5, 0.6) is 0 Å². The Balaban J connectivity index is 2.17. The number of hydrogen-bond donors (Lipinski definition) is 1. The maximum Gasteiger partial charge on any atom is 0.407 e. The van der Waals surface area contributed by atoms with Crippen LogP contribution in [0.4, 0.5) is 4.79 Å². The second kappa shape index (κ2) is 4.75. The maximum absolute atomic E-state index is 11.5. The van der Waals surface area contributed by atoms with E-state index in [1.54, 1.807) is 6.92 Å². The van der Waals surface area contributed by atoms with Crippen LogP contribution in [-0.4, -0.2) is 35.2 Å². The molecule has 1 amide bonds. The quantitative estimate of drug-likeness (QED) is 0.820. The summed E-state index contributed by atoms with van der Waals surface area (Å²) in [5.41, 5.74) is 1.07. The second-order valence-electron chi connectivity index (χ2n) is 3.73. The highest BCUT2D eigenvalue weighted by Crippen LogP contribution is 2.28. The van der Waals surface area contributed by atoms with Gasteiger partial charge in [0.05, 0.1) is 13.2 Å². The van der Waals surface area contributed by atoms with E-state index < -0.39 is 6.09 Å². The van der Waals surface area contributed by atoms with E-state index in [0.29, 0.717) is 31.0 Å². The molecule has 1 aromatic rings. The predicted molar refractivity (Wildman–Crippen MR) is 62.4 cm³/mol. The molecule has 0 saturated heterocycles. The van der Waals surface area contributed by atoms with Crippen LogP contribution in [0, 0.1) is 0 Å². The smallest absolute Gasteiger partial charge is 0.407 e. The molecule has 0 atom stereocenters. The molecule has 92 valence electrons. The summed E-state index contributed by atoms with van der Waals surface area (Å²) < 4.78 is 4.92. The van der Waals surface area contributed by atoms with Crippen molar-refractivity contribution in [2.24, 2.45) is 0 Å². The van der Waals surface area contributed by atoms with E-state index in [2.05, 4.69) is 0 Å². The lowest BCUT2D eigenvalue weighted by molar-refractivity contribution is 0.0532. The zero-order valence-corrected chi connectivity index (χ0v) is 10.2. The van der Waals surface area contributed by atoms with Crippen molar-refractivity contribution in [3.8, 4) is 0 Å². The normalized spacial score (nSPS) is 14.3. The molecular weight excluding hydrogens is 242 g/mol. The lowest BCUT2D eigenvalue weighted by Crippen LogP contribution is -2.33. The number of carbonyl (C=O) groups is 2. The van der Waals surface area contributed by atoms with Gasteiger partial charge in [0.25, 0.3) is 0 Å². The van der Waals surface area contributed by atoms with Crippen LogP contribution in [0.25, 0.3) is 0 Å². The average Bonchev–Trinajstić information content (AvgIpc) is 2.71. The van der Waals surface area contributed by atoms with E-state index in [0.717, 1.165) is 10.4 Å². The molecule has 5 nitrogen and oxygen atoms in total. The maximum atomic E-state index is 11.5. The number of fused-ring (bicyclic) bond motifs is 1. The Morgan fingerprint density at radius 1 is 1.59 bits per heavy atom. The van der Waals surface area contributed by atoms with Gasteiger partial charge in [-0.25, -0.2) is 9.59 Å². The van der Waals surface area contributed by atoms with Crippen LogP contribution >= 0.6 is 11.3 Å². The number of carbonyl (C=O) groups excluding carboxylic acids is 1. The van der Waals surface area contributed by atoms with Gasteiger partial charge in [-0.1, -0.05) is 0 Å². The molecule has 1 N–H and O–H groups in total. The molecule has 6 heteroatoms. The van der Waals surface area contributed by atoms with Crippen molar-refractivity contribution in [1.29, 1.82) is 0 Å². The third-order valence-corrected chi connectivity index (χ3v) is 3.77. The number of amides is 1. The van der Waals surface area contributed by atoms with Gasteiger partial charge in [0, 0.05) is 11.4 Å². The fourth-order valence-electron chi connectivity index (χ4n) is 1.79. The average molecular weight is 255 g/mol. The minimum absolute atomic E-state index is 0.325. The van der Waals surface area contributed by atoms with E-state index in [4.69, 9.17) is 9.84 Å². The Kier molecular flexibility index (Phi) is 3.33. The molecule has 1 aliphatic rings. The number of hydrogen-bond acceptors (Lipinski definition) is 4. The second-order valence-corrected chi connectivity index (χ2v) is 4.87. The lowest BCUT2D eigenvalue weighted by Gasteiger charge is -2.23. The standard InChI is InChI=1S/C11H13NO4S/c1-2-16-10(13)8-5-7-3-4-12(11(14)15)6-9(7)17-8/h5H,2-4,6H2,1H3,(H,14,15). The van der Waals surface area contributed by atoms with E-state index in [1.807, 2.05) is 6.07 Å². The van der Waals surface area contributed by atoms with Crippen LogP contribution in [0.2, 0.25) is 0 Å². The van der Waals surface area contributed by atoms with Crippen molar-refractivity contribution in [3.63, 3.8) is 0 Å². The first-order valence-corrected chi connectivity index (χ1v) is 6.20. The van der Waals surface area contributed by atoms with Crippen LogP contribution in [0.15, 0.2) is 6.07 Å². The highest BCUT2D eigenvalue weighted by atomic mass is 32.1. The van der Waals surface area contributed by atoms with Gasteiger partial charge in [0.2, 0.25) is 0 Å². The molecule has 0 spiro atoms. The van der Waals surface area contributed by atoms with Gasteiger partial charge >= 0.3 is 12.1 Å². The minimum Gasteiger partial charge on any atom is -0.465 e. The molecule has 0 radical (unpaired) electrons. The van der Waals surface area contributed by atoms with Crippen molar-refractivity contribution in [1.82, 2.24) is 4.90 Å². The first-order valence-electron chi connectivity index (χ1n) is 5.38. The van der Waals surface area contributed by atoms with Gasteiger partial charge in [0.15, 0.2) is 0 Å². The highest BCUT2D eigenvalue weighted by Gasteiger charge is 2.24. The highest BCUT2D eigenvalue weighted by molar-refractivity contribution is 7.14. The molecule has 1 aromatic heterocycles. The van der Waals surface area contributed by atoms with Crippen LogP contribution < -0.4 is 0 Å². The van der Waals surface area contributed by atoms with Gasteiger partial charge in [-0.2, -0.15) is 0 Å². The number of ether oxygens (including phenoxy) is 1. The summed E-state index contributed by atoms with van der Waals surface area (Å²) in [5, 5.41) is 8.90. The third kappa shape index (κ3) is 2.41. The molecule has 2 rings (SSSR count). The summed E-state index contributed by atoms with van der Waals surface area (Å²) in [5.74, 6) is -0.325. The zero-order valence-electron chi connectivity index (χ0n) is 9.43. The molecule has 0 aliphatic carbocycles. The molecule has 17 heavy (non-hydrogen) atoms. The Morgan fingerprint density at radius 2 is 2.35 bits per heavy atom. The summed E-state index contributed by atoms with van der Waals surface area (Å²) in [4.78, 5) is 25.2. The first-order chi connectivity index (χ1) is 8.11. The van der Waals surface area contributed by atoms with E-state index >= 15 is 0 Å². The Labute approximate surface area is 103 Å². The van der Waals surface area contributed by atoms with Crippen LogP contribution in [0.3, 0.4) is 0 Å². The fraction of sp³-hybridized carbons (Fsp3) is 0.455. The summed E-state index contributed by atoms with van der Waals surface area (Å²) in [6, 6.07) is 1.82. The molecule has 2 heterocycles. The van der Waals surface area contributed by atoms with Gasteiger partial charge < -0.3 is 14.7 Å². The van der Waals surface area contributed by atoms with Gasteiger partial charge in [-0.05, 0) is 25.0 Å². The Bertz CT molecular complexity index is 454. The van der Waals surface area contributed by atoms with E-state index in [1.165, 1.54) is 16.2 Å². The predicted octanol–water partition coefficient (Wildman–Crippen LogP) is 1.96. The van der Waals surface area contributed by atoms with Crippen molar-refractivity contribution >= 4 is 23.4 Å². The summed E-state index contributed by atoms with van der Waals surface area (Å²) in [7, 11) is 0. The fourth-order valence-corrected chi connectivity index (χ4v) is 2.91. The molecule has 0 aromatic carbocycles.